The Morgan fingerprint density at radius 3 is 2.43 bits per heavy atom. The van der Waals surface area contributed by atoms with Crippen molar-refractivity contribution in [2.45, 2.75) is 4.90 Å². The molecule has 0 aliphatic carbocycles. The van der Waals surface area contributed by atoms with E-state index >= 15 is 0 Å². The van der Waals surface area contributed by atoms with Gasteiger partial charge in [0.15, 0.2) is 0 Å². The number of carbonyl (C=O) groups excluding carboxylic acids is 1. The van der Waals surface area contributed by atoms with Gasteiger partial charge in [-0.1, -0.05) is 0 Å². The van der Waals surface area contributed by atoms with E-state index in [-0.39, 0.29) is 5.97 Å². The van der Waals surface area contributed by atoms with Crippen molar-refractivity contribution in [1.82, 2.24) is 0 Å². The highest BCUT2D eigenvalue weighted by Gasteiger charge is 2.01. The molecule has 0 fully saturated rings. The molecule has 0 unspecified atom stereocenters. The van der Waals surface area contributed by atoms with Gasteiger partial charge in [0.25, 0.3) is 0 Å². The summed E-state index contributed by atoms with van der Waals surface area (Å²) in [4.78, 5) is 11.9. The molecule has 0 saturated heterocycles. The van der Waals surface area contributed by atoms with Crippen LogP contribution < -0.4 is 4.74 Å². The van der Waals surface area contributed by atoms with Crippen LogP contribution in [0.3, 0.4) is 0 Å². The second-order valence-electron chi connectivity index (χ2n) is 2.54. The maximum absolute atomic E-state index is 10.8. The van der Waals surface area contributed by atoms with Crippen molar-refractivity contribution in [3.05, 3.63) is 24.3 Å². The van der Waals surface area contributed by atoms with Crippen molar-refractivity contribution >= 4 is 17.7 Å². The first-order chi connectivity index (χ1) is 6.76. The van der Waals surface area contributed by atoms with Crippen LogP contribution in [0.5, 0.6) is 5.75 Å². The van der Waals surface area contributed by atoms with Crippen LogP contribution in [0.2, 0.25) is 0 Å². The Morgan fingerprint density at radius 1 is 1.29 bits per heavy atom. The molecule has 1 rings (SSSR count). The number of methoxy groups -OCH3 is 2. The number of hydrogen-bond donors (Lipinski definition) is 0. The molecule has 0 aliphatic rings. The number of ether oxygens (including phenoxy) is 2. The van der Waals surface area contributed by atoms with E-state index in [1.807, 2.05) is 24.3 Å². The molecule has 0 bridgehead atoms. The van der Waals surface area contributed by atoms with Crippen molar-refractivity contribution in [3.8, 4) is 5.75 Å². The minimum atomic E-state index is -0.217. The lowest BCUT2D eigenvalue weighted by Crippen LogP contribution is -2.02. The van der Waals surface area contributed by atoms with Crippen LogP contribution in [0.4, 0.5) is 0 Å². The van der Waals surface area contributed by atoms with Crippen LogP contribution in [-0.2, 0) is 9.53 Å². The maximum atomic E-state index is 10.8. The van der Waals surface area contributed by atoms with E-state index < -0.39 is 0 Å². The van der Waals surface area contributed by atoms with Gasteiger partial charge < -0.3 is 9.47 Å². The molecule has 0 radical (unpaired) electrons. The molecule has 0 amide bonds. The molecule has 14 heavy (non-hydrogen) atoms. The minimum Gasteiger partial charge on any atom is -0.497 e. The highest BCUT2D eigenvalue weighted by Crippen LogP contribution is 2.20. The fraction of sp³-hybridized carbons (Fsp3) is 0.300. The summed E-state index contributed by atoms with van der Waals surface area (Å²) in [6.07, 6.45) is 0. The normalized spacial score (nSPS) is 9.57. The molecular formula is C10H12O3S. The lowest BCUT2D eigenvalue weighted by Gasteiger charge is -2.02. The lowest BCUT2D eigenvalue weighted by atomic mass is 10.3. The molecule has 0 N–H and O–H groups in total. The van der Waals surface area contributed by atoms with Gasteiger partial charge in [-0.05, 0) is 24.3 Å². The van der Waals surface area contributed by atoms with E-state index in [4.69, 9.17) is 4.74 Å². The smallest absolute Gasteiger partial charge is 0.315 e. The molecule has 0 aliphatic heterocycles. The first-order valence-corrected chi connectivity index (χ1v) is 5.08. The van der Waals surface area contributed by atoms with Gasteiger partial charge >= 0.3 is 5.97 Å². The zero-order chi connectivity index (χ0) is 10.4. The van der Waals surface area contributed by atoms with E-state index in [1.54, 1.807) is 7.11 Å². The summed E-state index contributed by atoms with van der Waals surface area (Å²) in [6.45, 7) is 0. The van der Waals surface area contributed by atoms with Gasteiger partial charge in [-0.2, -0.15) is 0 Å². The Balaban J connectivity index is 2.47. The average molecular weight is 212 g/mol. The first kappa shape index (κ1) is 10.9. The highest BCUT2D eigenvalue weighted by atomic mass is 32.2. The van der Waals surface area contributed by atoms with Crippen molar-refractivity contribution < 1.29 is 14.3 Å². The zero-order valence-electron chi connectivity index (χ0n) is 8.15. The number of esters is 1. The van der Waals surface area contributed by atoms with E-state index in [0.717, 1.165) is 10.6 Å². The monoisotopic (exact) mass is 212 g/mol. The van der Waals surface area contributed by atoms with Gasteiger partial charge in [-0.25, -0.2) is 0 Å². The summed E-state index contributed by atoms with van der Waals surface area (Å²) < 4.78 is 9.55. The number of thioether (sulfide) groups is 1. The Morgan fingerprint density at radius 2 is 1.93 bits per heavy atom. The molecule has 0 heterocycles. The maximum Gasteiger partial charge on any atom is 0.315 e. The second kappa shape index (κ2) is 5.54. The Bertz CT molecular complexity index is 295. The van der Waals surface area contributed by atoms with Gasteiger partial charge in [0, 0.05) is 4.90 Å². The molecule has 3 nitrogen and oxygen atoms in total. The van der Waals surface area contributed by atoms with Crippen molar-refractivity contribution in [3.63, 3.8) is 0 Å². The first-order valence-electron chi connectivity index (χ1n) is 4.10. The SMILES string of the molecule is COC(=O)CSc1ccc(OC)cc1. The summed E-state index contributed by atoms with van der Waals surface area (Å²) in [5, 5.41) is 0. The third-order valence-electron chi connectivity index (χ3n) is 1.64. The van der Waals surface area contributed by atoms with E-state index in [1.165, 1.54) is 18.9 Å². The third-order valence-corrected chi connectivity index (χ3v) is 2.63. The van der Waals surface area contributed by atoms with Gasteiger partial charge in [0.05, 0.1) is 20.0 Å². The molecular weight excluding hydrogens is 200 g/mol. The molecule has 0 aromatic heterocycles. The predicted octanol–water partition coefficient (Wildman–Crippen LogP) is 1.96. The number of benzene rings is 1. The van der Waals surface area contributed by atoms with Crippen LogP contribution >= 0.6 is 11.8 Å². The third kappa shape index (κ3) is 3.30. The van der Waals surface area contributed by atoms with E-state index in [9.17, 15) is 4.79 Å². The standard InChI is InChI=1S/C10H12O3S/c1-12-8-3-5-9(6-4-8)14-7-10(11)13-2/h3-6H,7H2,1-2H3. The lowest BCUT2D eigenvalue weighted by molar-refractivity contribution is -0.137. The Kier molecular flexibility index (Phi) is 4.32. The van der Waals surface area contributed by atoms with Crippen LogP contribution in [0, 0.1) is 0 Å². The van der Waals surface area contributed by atoms with Gasteiger partial charge in [0.2, 0.25) is 0 Å². The highest BCUT2D eigenvalue weighted by molar-refractivity contribution is 8.00. The van der Waals surface area contributed by atoms with Gasteiger partial charge in [-0.3, -0.25) is 4.79 Å². The van der Waals surface area contributed by atoms with Crippen molar-refractivity contribution in [1.29, 1.82) is 0 Å². The molecule has 1 aromatic rings. The summed E-state index contributed by atoms with van der Waals surface area (Å²) >= 11 is 1.44. The second-order valence-corrected chi connectivity index (χ2v) is 3.59. The quantitative estimate of drug-likeness (QED) is 0.564. The molecule has 0 atom stereocenters. The van der Waals surface area contributed by atoms with Crippen molar-refractivity contribution in [2.75, 3.05) is 20.0 Å². The summed E-state index contributed by atoms with van der Waals surface area (Å²) in [5.74, 6) is 0.932. The van der Waals surface area contributed by atoms with E-state index in [2.05, 4.69) is 4.74 Å². The predicted molar refractivity (Wildman–Crippen MR) is 55.7 cm³/mol. The molecule has 76 valence electrons. The van der Waals surface area contributed by atoms with Crippen molar-refractivity contribution in [2.24, 2.45) is 0 Å². The number of rotatable bonds is 4. The average Bonchev–Trinajstić information content (AvgIpc) is 2.26. The Hall–Kier alpha value is -1.16. The summed E-state index contributed by atoms with van der Waals surface area (Å²) in [5.41, 5.74) is 0. The molecule has 0 spiro atoms. The largest absolute Gasteiger partial charge is 0.497 e. The molecule has 4 heteroatoms. The van der Waals surface area contributed by atoms with Gasteiger partial charge in [-0.15, -0.1) is 11.8 Å². The summed E-state index contributed by atoms with van der Waals surface area (Å²) in [7, 11) is 3.01. The van der Waals surface area contributed by atoms with Crippen LogP contribution in [-0.4, -0.2) is 25.9 Å². The van der Waals surface area contributed by atoms with Crippen LogP contribution in [0.1, 0.15) is 0 Å². The summed E-state index contributed by atoms with van der Waals surface area (Å²) in [6, 6.07) is 7.54. The minimum absolute atomic E-state index is 0.217. The van der Waals surface area contributed by atoms with Crippen LogP contribution in [0.15, 0.2) is 29.2 Å². The van der Waals surface area contributed by atoms with E-state index in [0.29, 0.717) is 5.75 Å². The fourth-order valence-corrected chi connectivity index (χ4v) is 1.60. The number of hydrogen-bond acceptors (Lipinski definition) is 4. The number of carbonyl (C=O) groups is 1. The zero-order valence-corrected chi connectivity index (χ0v) is 8.97. The fourth-order valence-electron chi connectivity index (χ4n) is 0.873. The van der Waals surface area contributed by atoms with Gasteiger partial charge in [0.1, 0.15) is 5.75 Å². The topological polar surface area (TPSA) is 35.5 Å². The molecule has 1 aromatic carbocycles. The van der Waals surface area contributed by atoms with Crippen LogP contribution in [0.25, 0.3) is 0 Å². The molecule has 0 saturated carbocycles. The Labute approximate surface area is 87.4 Å².